The largest absolute Gasteiger partial charge is 0.364 e. The summed E-state index contributed by atoms with van der Waals surface area (Å²) in [5, 5.41) is 3.04. The highest BCUT2D eigenvalue weighted by Gasteiger charge is 2.44. The van der Waals surface area contributed by atoms with E-state index in [0.29, 0.717) is 42.8 Å². The summed E-state index contributed by atoms with van der Waals surface area (Å²) in [5.41, 5.74) is 3.11. The van der Waals surface area contributed by atoms with Gasteiger partial charge in [0.25, 0.3) is 5.91 Å². The van der Waals surface area contributed by atoms with Crippen molar-refractivity contribution in [1.82, 2.24) is 9.80 Å². The van der Waals surface area contributed by atoms with E-state index in [1.54, 1.807) is 0 Å². The average Bonchev–Trinajstić information content (AvgIpc) is 3.16. The van der Waals surface area contributed by atoms with E-state index in [0.717, 1.165) is 32.4 Å². The molecule has 3 atom stereocenters. The minimum atomic E-state index is -0.429. The molecule has 2 fully saturated rings. The summed E-state index contributed by atoms with van der Waals surface area (Å²) < 4.78 is 6.26. The van der Waals surface area contributed by atoms with Gasteiger partial charge >= 0.3 is 6.03 Å². The summed E-state index contributed by atoms with van der Waals surface area (Å²) in [6.45, 7) is 7.70. The van der Waals surface area contributed by atoms with Crippen molar-refractivity contribution in [3.63, 3.8) is 0 Å². The van der Waals surface area contributed by atoms with Gasteiger partial charge in [-0.1, -0.05) is 50.2 Å². The topological polar surface area (TPSA) is 61.9 Å². The van der Waals surface area contributed by atoms with E-state index in [1.807, 2.05) is 46.2 Å². The Morgan fingerprint density at radius 3 is 2.55 bits per heavy atom. The molecule has 3 amide bonds. The number of carbonyl (C=O) groups excluding carboxylic acids is 2. The first-order chi connectivity index (χ1) is 15.9. The summed E-state index contributed by atoms with van der Waals surface area (Å²) in [7, 11) is 0. The molecule has 6 heteroatoms. The SMILES string of the molecule is CC1CC(C)CN(C(=O)c2ccccc2NC(=O)N2CCCC3(C2)OCc2ccccc23)C1. The zero-order chi connectivity index (χ0) is 23.0. The maximum atomic E-state index is 13.4. The van der Waals surface area contributed by atoms with Crippen LogP contribution in [0.25, 0.3) is 0 Å². The van der Waals surface area contributed by atoms with Gasteiger partial charge in [0, 0.05) is 19.6 Å². The first-order valence-corrected chi connectivity index (χ1v) is 12.1. The van der Waals surface area contributed by atoms with Crippen LogP contribution in [0.5, 0.6) is 0 Å². The van der Waals surface area contributed by atoms with Crippen LogP contribution in [-0.4, -0.2) is 47.9 Å². The van der Waals surface area contributed by atoms with Crippen LogP contribution in [0.1, 0.15) is 54.6 Å². The van der Waals surface area contributed by atoms with E-state index < -0.39 is 5.60 Å². The molecule has 0 aromatic heterocycles. The van der Waals surface area contributed by atoms with Gasteiger partial charge in [0.05, 0.1) is 24.4 Å². The van der Waals surface area contributed by atoms with Gasteiger partial charge in [-0.3, -0.25) is 4.79 Å². The highest BCUT2D eigenvalue weighted by atomic mass is 16.5. The molecule has 3 aliphatic heterocycles. The third kappa shape index (κ3) is 4.24. The van der Waals surface area contributed by atoms with Crippen molar-refractivity contribution in [3.05, 3.63) is 65.2 Å². The van der Waals surface area contributed by atoms with Crippen molar-refractivity contribution < 1.29 is 14.3 Å². The van der Waals surface area contributed by atoms with Gasteiger partial charge in [-0.2, -0.15) is 0 Å². The number of hydrogen-bond donors (Lipinski definition) is 1. The second-order valence-corrected chi connectivity index (χ2v) is 10.1. The van der Waals surface area contributed by atoms with Crippen LogP contribution in [0, 0.1) is 11.8 Å². The predicted molar refractivity (Wildman–Crippen MR) is 128 cm³/mol. The molecule has 3 unspecified atom stereocenters. The molecular weight excluding hydrogens is 414 g/mol. The Balaban J connectivity index is 1.32. The third-order valence-electron chi connectivity index (χ3n) is 7.31. The number of benzene rings is 2. The van der Waals surface area contributed by atoms with Crippen LogP contribution in [-0.2, 0) is 16.9 Å². The zero-order valence-electron chi connectivity index (χ0n) is 19.5. The van der Waals surface area contributed by atoms with Gasteiger partial charge in [0.2, 0.25) is 0 Å². The number of urea groups is 1. The molecule has 0 radical (unpaired) electrons. The minimum Gasteiger partial charge on any atom is -0.364 e. The number of rotatable bonds is 2. The quantitative estimate of drug-likeness (QED) is 0.715. The molecule has 2 aromatic rings. The number of ether oxygens (including phenoxy) is 1. The summed E-state index contributed by atoms with van der Waals surface area (Å²) in [6, 6.07) is 15.5. The molecule has 5 rings (SSSR count). The fraction of sp³-hybridized carbons (Fsp3) is 0.481. The van der Waals surface area contributed by atoms with Crippen molar-refractivity contribution in [3.8, 4) is 0 Å². The smallest absolute Gasteiger partial charge is 0.321 e. The second kappa shape index (κ2) is 8.82. The van der Waals surface area contributed by atoms with E-state index in [9.17, 15) is 9.59 Å². The molecule has 2 aromatic carbocycles. The second-order valence-electron chi connectivity index (χ2n) is 10.1. The summed E-state index contributed by atoms with van der Waals surface area (Å²) in [6.07, 6.45) is 2.93. The third-order valence-corrected chi connectivity index (χ3v) is 7.31. The van der Waals surface area contributed by atoms with Crippen molar-refractivity contribution in [1.29, 1.82) is 0 Å². The van der Waals surface area contributed by atoms with Gasteiger partial charge in [-0.15, -0.1) is 0 Å². The maximum absolute atomic E-state index is 13.4. The standard InChI is InChI=1S/C27H33N3O3/c1-19-14-20(2)16-30(15-19)25(31)22-9-4-6-11-24(22)28-26(32)29-13-7-12-27(18-29)23-10-5-3-8-21(23)17-33-27/h3-6,8-11,19-20H,7,12-18H2,1-2H3,(H,28,32). The van der Waals surface area contributed by atoms with Crippen molar-refractivity contribution in [2.45, 2.75) is 45.3 Å². The lowest BCUT2D eigenvalue weighted by molar-refractivity contribution is -0.0755. The highest BCUT2D eigenvalue weighted by Crippen LogP contribution is 2.42. The molecule has 2 saturated heterocycles. The lowest BCUT2D eigenvalue weighted by Crippen LogP contribution is -2.50. The van der Waals surface area contributed by atoms with Crippen LogP contribution < -0.4 is 5.32 Å². The van der Waals surface area contributed by atoms with Gasteiger partial charge in [-0.25, -0.2) is 4.79 Å². The highest BCUT2D eigenvalue weighted by molar-refractivity contribution is 6.03. The van der Waals surface area contributed by atoms with E-state index in [2.05, 4.69) is 31.3 Å². The molecule has 174 valence electrons. The van der Waals surface area contributed by atoms with Crippen LogP contribution in [0.15, 0.2) is 48.5 Å². The van der Waals surface area contributed by atoms with Gasteiger partial charge in [0.15, 0.2) is 0 Å². The maximum Gasteiger partial charge on any atom is 0.321 e. The first-order valence-electron chi connectivity index (χ1n) is 12.1. The van der Waals surface area contributed by atoms with Crippen molar-refractivity contribution in [2.24, 2.45) is 11.8 Å². The molecule has 1 N–H and O–H groups in total. The predicted octanol–water partition coefficient (Wildman–Crippen LogP) is 4.86. The number of amides is 3. The Morgan fingerprint density at radius 1 is 1.00 bits per heavy atom. The number of likely N-dealkylation sites (tertiary alicyclic amines) is 2. The number of carbonyl (C=O) groups is 2. The molecule has 33 heavy (non-hydrogen) atoms. The Hall–Kier alpha value is -2.86. The number of fused-ring (bicyclic) bond motifs is 2. The fourth-order valence-electron chi connectivity index (χ4n) is 5.89. The normalized spacial score (nSPS) is 26.8. The number of anilines is 1. The van der Waals surface area contributed by atoms with E-state index >= 15 is 0 Å². The Kier molecular flexibility index (Phi) is 5.87. The van der Waals surface area contributed by atoms with Crippen molar-refractivity contribution >= 4 is 17.6 Å². The fourth-order valence-corrected chi connectivity index (χ4v) is 5.89. The summed E-state index contributed by atoms with van der Waals surface area (Å²) >= 11 is 0. The van der Waals surface area contributed by atoms with Gasteiger partial charge < -0.3 is 19.9 Å². The molecule has 3 aliphatic rings. The molecular formula is C27H33N3O3. The number of nitrogens with zero attached hydrogens (tertiary/aromatic N) is 2. The van der Waals surface area contributed by atoms with Crippen LogP contribution >= 0.6 is 0 Å². The summed E-state index contributed by atoms with van der Waals surface area (Å²) in [5.74, 6) is 0.962. The molecule has 3 heterocycles. The van der Waals surface area contributed by atoms with Crippen LogP contribution in [0.3, 0.4) is 0 Å². The number of hydrogen-bond acceptors (Lipinski definition) is 3. The average molecular weight is 448 g/mol. The van der Waals surface area contributed by atoms with Crippen LogP contribution in [0.2, 0.25) is 0 Å². The molecule has 0 saturated carbocycles. The monoisotopic (exact) mass is 447 g/mol. The Morgan fingerprint density at radius 2 is 1.73 bits per heavy atom. The number of nitrogens with one attached hydrogen (secondary N) is 1. The van der Waals surface area contributed by atoms with Gasteiger partial charge in [-0.05, 0) is 54.4 Å². The van der Waals surface area contributed by atoms with E-state index in [-0.39, 0.29) is 11.9 Å². The van der Waals surface area contributed by atoms with E-state index in [4.69, 9.17) is 4.74 Å². The lowest BCUT2D eigenvalue weighted by atomic mass is 9.85. The molecule has 0 bridgehead atoms. The zero-order valence-corrected chi connectivity index (χ0v) is 19.5. The number of piperidine rings is 2. The Bertz CT molecular complexity index is 1040. The van der Waals surface area contributed by atoms with Gasteiger partial charge in [0.1, 0.15) is 5.60 Å². The lowest BCUT2D eigenvalue weighted by Gasteiger charge is -2.40. The molecule has 6 nitrogen and oxygen atoms in total. The van der Waals surface area contributed by atoms with Crippen LogP contribution in [0.4, 0.5) is 10.5 Å². The van der Waals surface area contributed by atoms with E-state index in [1.165, 1.54) is 11.1 Å². The number of para-hydroxylation sites is 1. The molecule has 0 aliphatic carbocycles. The minimum absolute atomic E-state index is 0.00697. The first kappa shape index (κ1) is 22.0. The summed E-state index contributed by atoms with van der Waals surface area (Å²) in [4.78, 5) is 30.4. The van der Waals surface area contributed by atoms with Crippen molar-refractivity contribution in [2.75, 3.05) is 31.5 Å². The Labute approximate surface area is 195 Å². The molecule has 1 spiro atoms.